The zero-order valence-corrected chi connectivity index (χ0v) is 28.7. The Bertz CT molecular complexity index is 3010. The van der Waals surface area contributed by atoms with Gasteiger partial charge in [-0.1, -0.05) is 134 Å². The van der Waals surface area contributed by atoms with Crippen LogP contribution in [0, 0.1) is 0 Å². The first-order valence-corrected chi connectivity index (χ1v) is 18.1. The molecule has 0 saturated heterocycles. The highest BCUT2D eigenvalue weighted by molar-refractivity contribution is 6.22. The number of imidazole rings is 1. The normalized spacial score (nSPS) is 12.4. The van der Waals surface area contributed by atoms with E-state index in [1.54, 1.807) is 0 Å². The molecule has 11 rings (SSSR count). The van der Waals surface area contributed by atoms with Gasteiger partial charge in [-0.05, 0) is 108 Å². The molecule has 1 aromatic heterocycles. The molecule has 52 heavy (non-hydrogen) atoms. The molecule has 0 fully saturated rings. The molecular formula is C49H33N3. The zero-order chi connectivity index (χ0) is 34.3. The van der Waals surface area contributed by atoms with E-state index in [1.807, 2.05) is 0 Å². The van der Waals surface area contributed by atoms with E-state index in [0.717, 1.165) is 46.0 Å². The molecule has 2 heterocycles. The SMILES string of the molecule is CCc1nc2cccc3c2n1-c1cc(-c2c4ccccc4c(-c4ccc5c(ccc6ccccc65)c4)c4ccccc24)ccc1N3c1ccccc1. The Morgan fingerprint density at radius 2 is 1.04 bits per heavy atom. The first-order valence-electron chi connectivity index (χ1n) is 18.1. The Kier molecular flexibility index (Phi) is 6.23. The van der Waals surface area contributed by atoms with Gasteiger partial charge in [0.1, 0.15) is 5.82 Å². The Morgan fingerprint density at radius 3 is 1.75 bits per heavy atom. The van der Waals surface area contributed by atoms with Crippen LogP contribution in [-0.4, -0.2) is 9.55 Å². The Morgan fingerprint density at radius 1 is 0.442 bits per heavy atom. The summed E-state index contributed by atoms with van der Waals surface area (Å²) in [6.07, 6.45) is 0.839. The summed E-state index contributed by atoms with van der Waals surface area (Å²) >= 11 is 0. The smallest absolute Gasteiger partial charge is 0.114 e. The molecule has 3 heteroatoms. The average Bonchev–Trinajstić information content (AvgIpc) is 3.60. The second kappa shape index (κ2) is 11.1. The molecule has 0 bridgehead atoms. The molecule has 0 unspecified atom stereocenters. The molecule has 0 N–H and O–H groups in total. The summed E-state index contributed by atoms with van der Waals surface area (Å²) in [6, 6.07) is 62.3. The second-order valence-electron chi connectivity index (χ2n) is 13.8. The van der Waals surface area contributed by atoms with Gasteiger partial charge in [0.15, 0.2) is 0 Å². The van der Waals surface area contributed by atoms with Crippen molar-refractivity contribution in [1.82, 2.24) is 9.55 Å². The second-order valence-corrected chi connectivity index (χ2v) is 13.8. The van der Waals surface area contributed by atoms with Crippen molar-refractivity contribution in [2.75, 3.05) is 4.90 Å². The maximum atomic E-state index is 5.15. The number of anilines is 3. The lowest BCUT2D eigenvalue weighted by Gasteiger charge is -2.33. The molecule has 244 valence electrons. The summed E-state index contributed by atoms with van der Waals surface area (Å²) in [5.41, 5.74) is 11.7. The predicted molar refractivity (Wildman–Crippen MR) is 220 cm³/mol. The first kappa shape index (κ1) is 29.1. The van der Waals surface area contributed by atoms with Gasteiger partial charge >= 0.3 is 0 Å². The maximum Gasteiger partial charge on any atom is 0.114 e. The molecule has 0 radical (unpaired) electrons. The number of aromatic nitrogens is 2. The number of fused-ring (bicyclic) bond motifs is 7. The lowest BCUT2D eigenvalue weighted by molar-refractivity contribution is 0.901. The first-order chi connectivity index (χ1) is 25.8. The van der Waals surface area contributed by atoms with Crippen molar-refractivity contribution in [2.24, 2.45) is 0 Å². The monoisotopic (exact) mass is 663 g/mol. The summed E-state index contributed by atoms with van der Waals surface area (Å²) in [7, 11) is 0. The third-order valence-corrected chi connectivity index (χ3v) is 11.0. The summed E-state index contributed by atoms with van der Waals surface area (Å²) in [5.74, 6) is 1.07. The van der Waals surface area contributed by atoms with E-state index >= 15 is 0 Å². The van der Waals surface area contributed by atoms with E-state index in [4.69, 9.17) is 4.98 Å². The maximum absolute atomic E-state index is 5.15. The standard InChI is InChI=1S/C49H33N3/c1-2-46-50-42-21-12-22-44-49(42)52(46)45-30-34(26-28-43(45)51(44)35-14-4-3-5-15-35)48-40-19-10-8-17-38(40)47(39-18-9-11-20-41(39)48)33-25-27-37-32(29-33)24-23-31-13-6-7-16-36(31)37/h3-30H,2H2,1H3. The van der Waals surface area contributed by atoms with Crippen LogP contribution in [-0.2, 0) is 6.42 Å². The van der Waals surface area contributed by atoms with Crippen LogP contribution in [0.4, 0.5) is 17.1 Å². The highest BCUT2D eigenvalue weighted by Crippen LogP contribution is 2.50. The van der Waals surface area contributed by atoms with E-state index < -0.39 is 0 Å². The quantitative estimate of drug-likeness (QED) is 0.138. The summed E-state index contributed by atoms with van der Waals surface area (Å²) < 4.78 is 2.40. The van der Waals surface area contributed by atoms with Gasteiger partial charge < -0.3 is 4.90 Å². The molecule has 1 aliphatic rings. The zero-order valence-electron chi connectivity index (χ0n) is 28.7. The molecule has 9 aromatic carbocycles. The van der Waals surface area contributed by atoms with Crippen LogP contribution in [0.2, 0.25) is 0 Å². The molecule has 0 atom stereocenters. The summed E-state index contributed by atoms with van der Waals surface area (Å²) in [4.78, 5) is 7.55. The number of para-hydroxylation sites is 2. The number of benzene rings is 9. The van der Waals surface area contributed by atoms with E-state index in [0.29, 0.717) is 0 Å². The lowest BCUT2D eigenvalue weighted by atomic mass is 9.85. The van der Waals surface area contributed by atoms with E-state index in [-0.39, 0.29) is 0 Å². The fourth-order valence-corrected chi connectivity index (χ4v) is 8.79. The van der Waals surface area contributed by atoms with Crippen molar-refractivity contribution < 1.29 is 0 Å². The minimum atomic E-state index is 0.839. The minimum absolute atomic E-state index is 0.839. The van der Waals surface area contributed by atoms with E-state index in [1.165, 1.54) is 65.3 Å². The Balaban J connectivity index is 1.18. The Hall–Kier alpha value is -6.71. The highest BCUT2D eigenvalue weighted by atomic mass is 15.2. The number of rotatable bonds is 4. The molecule has 0 amide bonds. The number of nitrogens with zero attached hydrogens (tertiary/aromatic N) is 3. The van der Waals surface area contributed by atoms with Crippen LogP contribution in [0.1, 0.15) is 12.7 Å². The van der Waals surface area contributed by atoms with Crippen molar-refractivity contribution in [2.45, 2.75) is 13.3 Å². The van der Waals surface area contributed by atoms with Crippen LogP contribution in [0.25, 0.3) is 82.1 Å². The van der Waals surface area contributed by atoms with Gasteiger partial charge in [0, 0.05) is 12.1 Å². The van der Waals surface area contributed by atoms with Crippen molar-refractivity contribution >= 4 is 71.2 Å². The topological polar surface area (TPSA) is 21.1 Å². The predicted octanol–water partition coefficient (Wildman–Crippen LogP) is 13.3. The fourth-order valence-electron chi connectivity index (χ4n) is 8.79. The molecule has 10 aromatic rings. The Labute approximate surface area is 301 Å². The van der Waals surface area contributed by atoms with Gasteiger partial charge in [0.05, 0.1) is 28.1 Å². The van der Waals surface area contributed by atoms with Gasteiger partial charge in [-0.25, -0.2) is 4.98 Å². The highest BCUT2D eigenvalue weighted by Gasteiger charge is 2.29. The van der Waals surface area contributed by atoms with Gasteiger partial charge in [0.2, 0.25) is 0 Å². The van der Waals surface area contributed by atoms with Crippen LogP contribution < -0.4 is 4.90 Å². The largest absolute Gasteiger partial charge is 0.306 e. The molecular weight excluding hydrogens is 631 g/mol. The van der Waals surface area contributed by atoms with Crippen molar-refractivity contribution in [3.8, 4) is 27.9 Å². The molecule has 0 spiro atoms. The molecule has 3 nitrogen and oxygen atoms in total. The fraction of sp³-hybridized carbons (Fsp3) is 0.0408. The van der Waals surface area contributed by atoms with Crippen molar-refractivity contribution in [3.05, 3.63) is 176 Å². The summed E-state index contributed by atoms with van der Waals surface area (Å²) in [5, 5.41) is 10.1. The van der Waals surface area contributed by atoms with Crippen molar-refractivity contribution in [1.29, 1.82) is 0 Å². The molecule has 1 aliphatic heterocycles. The van der Waals surface area contributed by atoms with E-state index in [9.17, 15) is 0 Å². The van der Waals surface area contributed by atoms with E-state index in [2.05, 4.69) is 186 Å². The van der Waals surface area contributed by atoms with Gasteiger partial charge in [-0.3, -0.25) is 4.57 Å². The van der Waals surface area contributed by atoms with Crippen LogP contribution in [0.5, 0.6) is 0 Å². The van der Waals surface area contributed by atoms with Gasteiger partial charge in [-0.15, -0.1) is 0 Å². The van der Waals surface area contributed by atoms with Crippen LogP contribution >= 0.6 is 0 Å². The molecule has 0 aliphatic carbocycles. The van der Waals surface area contributed by atoms with Crippen LogP contribution in [0.3, 0.4) is 0 Å². The minimum Gasteiger partial charge on any atom is -0.306 e. The summed E-state index contributed by atoms with van der Waals surface area (Å²) in [6.45, 7) is 2.20. The lowest BCUT2D eigenvalue weighted by Crippen LogP contribution is -2.19. The number of hydrogen-bond donors (Lipinski definition) is 0. The van der Waals surface area contributed by atoms with Gasteiger partial charge in [-0.2, -0.15) is 0 Å². The number of hydrogen-bond acceptors (Lipinski definition) is 2. The van der Waals surface area contributed by atoms with Crippen molar-refractivity contribution in [3.63, 3.8) is 0 Å². The third kappa shape index (κ3) is 4.11. The average molecular weight is 664 g/mol. The van der Waals surface area contributed by atoms with Crippen LogP contribution in [0.15, 0.2) is 170 Å². The number of aryl methyl sites for hydroxylation is 1. The molecule has 0 saturated carbocycles. The van der Waals surface area contributed by atoms with Gasteiger partial charge in [0.25, 0.3) is 0 Å². The third-order valence-electron chi connectivity index (χ3n) is 11.0.